The average molecular weight is 380 g/mol. The van der Waals surface area contributed by atoms with Crippen molar-refractivity contribution < 1.29 is 18.7 Å². The maximum atomic E-state index is 13.2. The fourth-order valence-corrected chi connectivity index (χ4v) is 2.70. The second-order valence-corrected chi connectivity index (χ2v) is 6.05. The molecule has 0 radical (unpaired) electrons. The van der Waals surface area contributed by atoms with Crippen molar-refractivity contribution in [1.29, 1.82) is 0 Å². The maximum Gasteiger partial charge on any atom is 0.231 e. The maximum absolute atomic E-state index is 13.2. The number of aryl methyl sites for hydroxylation is 1. The summed E-state index contributed by atoms with van der Waals surface area (Å²) in [6, 6.07) is 10.1. The van der Waals surface area contributed by atoms with Gasteiger partial charge in [0.2, 0.25) is 12.7 Å². The van der Waals surface area contributed by atoms with E-state index in [0.29, 0.717) is 24.2 Å². The number of benzene rings is 2. The molecule has 1 aliphatic rings. The fraction of sp³-hybridized carbons (Fsp3) is 0.235. The lowest BCUT2D eigenvalue weighted by Crippen LogP contribution is -2.23. The molecule has 0 unspecified atom stereocenters. The van der Waals surface area contributed by atoms with Gasteiger partial charge in [-0.05, 0) is 47.9 Å². The Morgan fingerprint density at radius 1 is 1.17 bits per heavy atom. The van der Waals surface area contributed by atoms with Gasteiger partial charge in [-0.1, -0.05) is 22.0 Å². The number of nitrogens with one attached hydrogen (secondary N) is 1. The second-order valence-electron chi connectivity index (χ2n) is 5.20. The summed E-state index contributed by atoms with van der Waals surface area (Å²) in [5, 5.41) is 2.80. The molecule has 3 rings (SSSR count). The van der Waals surface area contributed by atoms with Crippen molar-refractivity contribution in [3.05, 3.63) is 57.8 Å². The first-order valence-corrected chi connectivity index (χ1v) is 8.00. The van der Waals surface area contributed by atoms with Gasteiger partial charge in [-0.15, -0.1) is 0 Å². The van der Waals surface area contributed by atoms with Gasteiger partial charge in [0.25, 0.3) is 0 Å². The van der Waals surface area contributed by atoms with Crippen LogP contribution in [-0.4, -0.2) is 12.7 Å². The first kappa shape index (κ1) is 15.8. The van der Waals surface area contributed by atoms with E-state index in [-0.39, 0.29) is 25.1 Å². The predicted octanol–water partition coefficient (Wildman–Crippen LogP) is 3.57. The third kappa shape index (κ3) is 4.01. The number of rotatable bonds is 5. The Morgan fingerprint density at radius 3 is 2.87 bits per heavy atom. The Kier molecular flexibility index (Phi) is 4.81. The van der Waals surface area contributed by atoms with Crippen LogP contribution < -0.4 is 14.8 Å². The molecule has 0 saturated carbocycles. The third-order valence-corrected chi connectivity index (χ3v) is 4.34. The lowest BCUT2D eigenvalue weighted by Gasteiger charge is -2.08. The van der Waals surface area contributed by atoms with E-state index in [1.807, 2.05) is 18.2 Å². The molecular formula is C17H15BrFNO3. The van der Waals surface area contributed by atoms with Crippen molar-refractivity contribution in [2.45, 2.75) is 19.4 Å². The molecule has 0 fully saturated rings. The monoisotopic (exact) mass is 379 g/mol. The van der Waals surface area contributed by atoms with Gasteiger partial charge in [-0.2, -0.15) is 0 Å². The molecule has 1 aliphatic heterocycles. The molecule has 0 aliphatic carbocycles. The summed E-state index contributed by atoms with van der Waals surface area (Å²) in [5.74, 6) is 1.04. The molecule has 0 atom stereocenters. The molecule has 0 spiro atoms. The summed E-state index contributed by atoms with van der Waals surface area (Å²) in [6.45, 7) is 0.528. The highest BCUT2D eigenvalue weighted by Crippen LogP contribution is 2.32. The molecule has 2 aromatic rings. The van der Waals surface area contributed by atoms with Gasteiger partial charge < -0.3 is 14.8 Å². The summed E-state index contributed by atoms with van der Waals surface area (Å²) in [6.07, 6.45) is 0.958. The zero-order chi connectivity index (χ0) is 16.2. The van der Waals surface area contributed by atoms with Crippen LogP contribution in [0.1, 0.15) is 17.5 Å². The van der Waals surface area contributed by atoms with Crippen LogP contribution in [0, 0.1) is 5.82 Å². The van der Waals surface area contributed by atoms with Gasteiger partial charge in [0, 0.05) is 17.4 Å². The van der Waals surface area contributed by atoms with E-state index in [4.69, 9.17) is 9.47 Å². The molecule has 4 nitrogen and oxygen atoms in total. The van der Waals surface area contributed by atoms with Gasteiger partial charge in [0.15, 0.2) is 11.5 Å². The van der Waals surface area contributed by atoms with Crippen molar-refractivity contribution in [3.63, 3.8) is 0 Å². The van der Waals surface area contributed by atoms with Gasteiger partial charge in [-0.25, -0.2) is 4.39 Å². The highest BCUT2D eigenvalue weighted by molar-refractivity contribution is 9.10. The van der Waals surface area contributed by atoms with Crippen LogP contribution in [0.5, 0.6) is 11.5 Å². The van der Waals surface area contributed by atoms with Crippen molar-refractivity contribution >= 4 is 21.8 Å². The summed E-state index contributed by atoms with van der Waals surface area (Å²) >= 11 is 3.34. The Labute approximate surface area is 141 Å². The molecule has 6 heteroatoms. The smallest absolute Gasteiger partial charge is 0.231 e. The molecule has 1 amide bonds. The van der Waals surface area contributed by atoms with E-state index >= 15 is 0 Å². The number of amides is 1. The Balaban J connectivity index is 1.51. The summed E-state index contributed by atoms with van der Waals surface area (Å²) in [5.41, 5.74) is 1.72. The van der Waals surface area contributed by atoms with Crippen molar-refractivity contribution in [2.24, 2.45) is 0 Å². The lowest BCUT2D eigenvalue weighted by atomic mass is 10.1. The highest BCUT2D eigenvalue weighted by Gasteiger charge is 2.13. The summed E-state index contributed by atoms with van der Waals surface area (Å²) in [4.78, 5) is 11.9. The fourth-order valence-electron chi connectivity index (χ4n) is 2.32. The minimum Gasteiger partial charge on any atom is -0.454 e. The number of carbonyl (C=O) groups excluding carboxylic acids is 1. The van der Waals surface area contributed by atoms with Gasteiger partial charge in [0.1, 0.15) is 5.82 Å². The van der Waals surface area contributed by atoms with Crippen LogP contribution in [0.2, 0.25) is 0 Å². The molecule has 0 aromatic heterocycles. The normalized spacial score (nSPS) is 12.3. The third-order valence-electron chi connectivity index (χ3n) is 3.56. The topological polar surface area (TPSA) is 47.6 Å². The Bertz CT molecular complexity index is 736. The lowest BCUT2D eigenvalue weighted by molar-refractivity contribution is -0.121. The van der Waals surface area contributed by atoms with E-state index in [1.54, 1.807) is 6.07 Å². The van der Waals surface area contributed by atoms with Crippen LogP contribution in [0.25, 0.3) is 0 Å². The summed E-state index contributed by atoms with van der Waals surface area (Å²) < 4.78 is 24.5. The first-order valence-electron chi connectivity index (χ1n) is 7.21. The Morgan fingerprint density at radius 2 is 2.00 bits per heavy atom. The zero-order valence-corrected chi connectivity index (χ0v) is 13.9. The van der Waals surface area contributed by atoms with Crippen LogP contribution in [-0.2, 0) is 17.8 Å². The molecule has 0 saturated heterocycles. The van der Waals surface area contributed by atoms with E-state index in [9.17, 15) is 9.18 Å². The molecule has 1 N–H and O–H groups in total. The van der Waals surface area contributed by atoms with Crippen LogP contribution in [0.4, 0.5) is 4.39 Å². The van der Waals surface area contributed by atoms with Crippen LogP contribution in [0.3, 0.4) is 0 Å². The highest BCUT2D eigenvalue weighted by atomic mass is 79.9. The standard InChI is InChI=1S/C17H15BrFNO3/c18-14-4-3-13(19)8-12(14)9-20-17(21)6-2-11-1-5-15-16(7-11)23-10-22-15/h1,3-5,7-8H,2,6,9-10H2,(H,20,21). The minimum atomic E-state index is -0.321. The van der Waals surface area contributed by atoms with E-state index in [0.717, 1.165) is 15.8 Å². The molecule has 0 bridgehead atoms. The number of carbonyl (C=O) groups is 1. The Hall–Kier alpha value is -2.08. The number of hydrogen-bond donors (Lipinski definition) is 1. The zero-order valence-electron chi connectivity index (χ0n) is 12.3. The molecule has 2 aromatic carbocycles. The van der Waals surface area contributed by atoms with Crippen molar-refractivity contribution in [3.8, 4) is 11.5 Å². The van der Waals surface area contributed by atoms with Gasteiger partial charge >= 0.3 is 0 Å². The summed E-state index contributed by atoms with van der Waals surface area (Å²) in [7, 11) is 0. The second kappa shape index (κ2) is 7.00. The number of fused-ring (bicyclic) bond motifs is 1. The van der Waals surface area contributed by atoms with Gasteiger partial charge in [0.05, 0.1) is 0 Å². The van der Waals surface area contributed by atoms with Crippen molar-refractivity contribution in [2.75, 3.05) is 6.79 Å². The molecular weight excluding hydrogens is 365 g/mol. The van der Waals surface area contributed by atoms with E-state index in [2.05, 4.69) is 21.2 Å². The minimum absolute atomic E-state index is 0.0844. The molecule has 23 heavy (non-hydrogen) atoms. The quantitative estimate of drug-likeness (QED) is 0.863. The van der Waals surface area contributed by atoms with Gasteiger partial charge in [-0.3, -0.25) is 4.79 Å². The largest absolute Gasteiger partial charge is 0.454 e. The van der Waals surface area contributed by atoms with Crippen LogP contribution in [0.15, 0.2) is 40.9 Å². The molecule has 120 valence electrons. The number of ether oxygens (including phenoxy) is 2. The molecule has 1 heterocycles. The van der Waals surface area contributed by atoms with Crippen molar-refractivity contribution in [1.82, 2.24) is 5.32 Å². The van der Waals surface area contributed by atoms with E-state index < -0.39 is 0 Å². The van der Waals surface area contributed by atoms with E-state index in [1.165, 1.54) is 12.1 Å². The van der Waals surface area contributed by atoms with Crippen LogP contribution >= 0.6 is 15.9 Å². The SMILES string of the molecule is O=C(CCc1ccc2c(c1)OCO2)NCc1cc(F)ccc1Br. The predicted molar refractivity (Wildman–Crippen MR) is 86.8 cm³/mol. The first-order chi connectivity index (χ1) is 11.1. The number of hydrogen-bond acceptors (Lipinski definition) is 3. The average Bonchev–Trinajstić information content (AvgIpc) is 3.01. The number of halogens is 2.